The molecule has 0 atom stereocenters. The van der Waals surface area contributed by atoms with Crippen LogP contribution in [0, 0.1) is 0 Å². The zero-order valence-corrected chi connectivity index (χ0v) is 29.5. The highest BCUT2D eigenvalue weighted by atomic mass is 32.1. The molecule has 8 aromatic carbocycles. The lowest BCUT2D eigenvalue weighted by Gasteiger charge is -2.28. The fourth-order valence-electron chi connectivity index (χ4n) is 7.91. The molecule has 52 heavy (non-hydrogen) atoms. The monoisotopic (exact) mass is 699 g/mol. The smallest absolute Gasteiger partial charge is 0.138 e. The highest BCUT2D eigenvalue weighted by Gasteiger charge is 2.25. The van der Waals surface area contributed by atoms with Crippen LogP contribution in [0.15, 0.2) is 180 Å². The van der Waals surface area contributed by atoms with Crippen LogP contribution in [-0.4, -0.2) is 0 Å². The standard InChI is InChI=1S/C48H29NOS2/c1-3-13-30(14-4-1)32-27-40(46-37-18-7-10-20-41(37)50-42(46)28-32)49(33-23-24-36-35-17-8-11-21-43(35)51-45(36)29-33)39-26-25-34(31-15-5-2-6-16-31)48-47(39)38-19-9-12-22-44(38)52-48/h1-29H. The average Bonchev–Trinajstić information content (AvgIpc) is 3.90. The molecule has 0 spiro atoms. The summed E-state index contributed by atoms with van der Waals surface area (Å²) in [7, 11) is 0. The maximum Gasteiger partial charge on any atom is 0.138 e. The highest BCUT2D eigenvalue weighted by Crippen LogP contribution is 2.52. The molecule has 3 heterocycles. The number of furan rings is 1. The van der Waals surface area contributed by atoms with Crippen LogP contribution in [-0.2, 0) is 0 Å². The van der Waals surface area contributed by atoms with Crippen molar-refractivity contribution < 1.29 is 4.42 Å². The van der Waals surface area contributed by atoms with E-state index in [-0.39, 0.29) is 0 Å². The first-order valence-electron chi connectivity index (χ1n) is 17.5. The molecule has 244 valence electrons. The summed E-state index contributed by atoms with van der Waals surface area (Å²) in [5.41, 5.74) is 9.83. The third kappa shape index (κ3) is 4.55. The topological polar surface area (TPSA) is 16.4 Å². The van der Waals surface area contributed by atoms with Gasteiger partial charge in [-0.05, 0) is 70.8 Å². The van der Waals surface area contributed by atoms with E-state index in [1.807, 2.05) is 22.7 Å². The molecule has 0 N–H and O–H groups in total. The molecule has 0 unspecified atom stereocenters. The second kappa shape index (κ2) is 11.7. The van der Waals surface area contributed by atoms with Crippen LogP contribution in [0.3, 0.4) is 0 Å². The first-order chi connectivity index (χ1) is 25.8. The number of benzene rings is 8. The van der Waals surface area contributed by atoms with Gasteiger partial charge >= 0.3 is 0 Å². The summed E-state index contributed by atoms with van der Waals surface area (Å²) in [6.07, 6.45) is 0. The number of hydrogen-bond acceptors (Lipinski definition) is 4. The third-order valence-electron chi connectivity index (χ3n) is 10.3. The van der Waals surface area contributed by atoms with Crippen LogP contribution < -0.4 is 4.90 Å². The lowest BCUT2D eigenvalue weighted by Crippen LogP contribution is -2.11. The van der Waals surface area contributed by atoms with Gasteiger partial charge in [0.05, 0.1) is 16.8 Å². The summed E-state index contributed by atoms with van der Waals surface area (Å²) in [6, 6.07) is 63.7. The summed E-state index contributed by atoms with van der Waals surface area (Å²) < 4.78 is 11.8. The minimum atomic E-state index is 0.873. The Morgan fingerprint density at radius 1 is 0.385 bits per heavy atom. The van der Waals surface area contributed by atoms with Gasteiger partial charge in [0.2, 0.25) is 0 Å². The first kappa shape index (κ1) is 29.5. The van der Waals surface area contributed by atoms with E-state index in [2.05, 4.69) is 181 Å². The van der Waals surface area contributed by atoms with E-state index >= 15 is 0 Å². The average molecular weight is 700 g/mol. The fourth-order valence-corrected chi connectivity index (χ4v) is 10.3. The maximum atomic E-state index is 6.68. The minimum Gasteiger partial charge on any atom is -0.456 e. The second-order valence-electron chi connectivity index (χ2n) is 13.2. The van der Waals surface area contributed by atoms with E-state index in [1.54, 1.807) is 0 Å². The van der Waals surface area contributed by atoms with Crippen molar-refractivity contribution in [1.29, 1.82) is 0 Å². The lowest BCUT2D eigenvalue weighted by molar-refractivity contribution is 0.669. The molecule has 3 aromatic heterocycles. The van der Waals surface area contributed by atoms with Gasteiger partial charge in [0, 0.05) is 51.4 Å². The predicted octanol–water partition coefficient (Wildman–Crippen LogP) is 15.1. The van der Waals surface area contributed by atoms with Gasteiger partial charge in [-0.3, -0.25) is 0 Å². The SMILES string of the molecule is c1ccc(-c2cc(N(c3ccc4c(c3)sc3ccccc34)c3ccc(-c4ccccc4)c4sc5ccccc5c34)c3c(c2)oc2ccccc23)cc1. The van der Waals surface area contributed by atoms with Gasteiger partial charge in [0.1, 0.15) is 11.2 Å². The van der Waals surface area contributed by atoms with Gasteiger partial charge < -0.3 is 9.32 Å². The molecule has 4 heteroatoms. The zero-order chi connectivity index (χ0) is 34.2. The molecule has 0 bridgehead atoms. The molecular formula is C48H29NOS2. The third-order valence-corrected chi connectivity index (χ3v) is 12.6. The molecule has 0 radical (unpaired) electrons. The van der Waals surface area contributed by atoms with Crippen molar-refractivity contribution in [3.63, 3.8) is 0 Å². The Hall–Kier alpha value is -6.20. The van der Waals surface area contributed by atoms with Crippen LogP contribution in [0.25, 0.3) is 84.5 Å². The summed E-state index contributed by atoms with van der Waals surface area (Å²) in [6.45, 7) is 0. The molecule has 0 saturated heterocycles. The van der Waals surface area contributed by atoms with Gasteiger partial charge in [-0.1, -0.05) is 127 Å². The number of para-hydroxylation sites is 1. The summed E-state index contributed by atoms with van der Waals surface area (Å²) in [5, 5.41) is 7.30. The van der Waals surface area contributed by atoms with Gasteiger partial charge in [0.25, 0.3) is 0 Å². The molecular weight excluding hydrogens is 671 g/mol. The minimum absolute atomic E-state index is 0.873. The van der Waals surface area contributed by atoms with Gasteiger partial charge in [-0.15, -0.1) is 22.7 Å². The van der Waals surface area contributed by atoms with Gasteiger partial charge in [-0.25, -0.2) is 0 Å². The van der Waals surface area contributed by atoms with Crippen LogP contribution in [0.5, 0.6) is 0 Å². The zero-order valence-electron chi connectivity index (χ0n) is 27.9. The van der Waals surface area contributed by atoms with Crippen molar-refractivity contribution in [3.8, 4) is 22.3 Å². The fraction of sp³-hybridized carbons (Fsp3) is 0. The van der Waals surface area contributed by atoms with Crippen molar-refractivity contribution in [3.05, 3.63) is 176 Å². The number of fused-ring (bicyclic) bond motifs is 9. The van der Waals surface area contributed by atoms with Crippen LogP contribution >= 0.6 is 22.7 Å². The maximum absolute atomic E-state index is 6.68. The molecule has 0 aliphatic heterocycles. The molecule has 11 rings (SSSR count). The Morgan fingerprint density at radius 3 is 1.85 bits per heavy atom. The Morgan fingerprint density at radius 2 is 1.04 bits per heavy atom. The van der Waals surface area contributed by atoms with Crippen molar-refractivity contribution in [2.75, 3.05) is 4.90 Å². The molecule has 2 nitrogen and oxygen atoms in total. The lowest BCUT2D eigenvalue weighted by atomic mass is 9.98. The van der Waals surface area contributed by atoms with Crippen molar-refractivity contribution in [2.45, 2.75) is 0 Å². The van der Waals surface area contributed by atoms with Crippen LogP contribution in [0.1, 0.15) is 0 Å². The van der Waals surface area contributed by atoms with E-state index in [0.717, 1.165) is 50.1 Å². The van der Waals surface area contributed by atoms with E-state index in [1.165, 1.54) is 51.5 Å². The van der Waals surface area contributed by atoms with E-state index in [0.29, 0.717) is 0 Å². The molecule has 0 fully saturated rings. The molecule has 0 amide bonds. The van der Waals surface area contributed by atoms with Crippen molar-refractivity contribution >= 4 is 102 Å². The quantitative estimate of drug-likeness (QED) is 0.178. The van der Waals surface area contributed by atoms with E-state index < -0.39 is 0 Å². The number of nitrogens with zero attached hydrogens (tertiary/aromatic N) is 1. The Labute approximate surface area is 308 Å². The van der Waals surface area contributed by atoms with E-state index in [9.17, 15) is 0 Å². The molecule has 0 aliphatic carbocycles. The number of rotatable bonds is 5. The summed E-state index contributed by atoms with van der Waals surface area (Å²) in [4.78, 5) is 2.50. The van der Waals surface area contributed by atoms with Crippen LogP contribution in [0.2, 0.25) is 0 Å². The van der Waals surface area contributed by atoms with Crippen molar-refractivity contribution in [2.24, 2.45) is 0 Å². The normalized spacial score (nSPS) is 11.8. The Bertz CT molecular complexity index is 3130. The van der Waals surface area contributed by atoms with Crippen molar-refractivity contribution in [1.82, 2.24) is 0 Å². The largest absolute Gasteiger partial charge is 0.456 e. The van der Waals surface area contributed by atoms with E-state index in [4.69, 9.17) is 4.42 Å². The van der Waals surface area contributed by atoms with Gasteiger partial charge in [0.15, 0.2) is 0 Å². The molecule has 11 aromatic rings. The summed E-state index contributed by atoms with van der Waals surface area (Å²) in [5.74, 6) is 0. The predicted molar refractivity (Wildman–Crippen MR) is 225 cm³/mol. The number of anilines is 3. The Kier molecular flexibility index (Phi) is 6.63. The van der Waals surface area contributed by atoms with Crippen LogP contribution in [0.4, 0.5) is 17.1 Å². The number of hydrogen-bond donors (Lipinski definition) is 0. The highest BCUT2D eigenvalue weighted by molar-refractivity contribution is 7.26. The first-order valence-corrected chi connectivity index (χ1v) is 19.1. The second-order valence-corrected chi connectivity index (χ2v) is 15.4. The number of thiophene rings is 2. The summed E-state index contributed by atoms with van der Waals surface area (Å²) >= 11 is 3.73. The Balaban J connectivity index is 1.29. The molecule has 0 saturated carbocycles. The van der Waals surface area contributed by atoms with Gasteiger partial charge in [-0.2, -0.15) is 0 Å². The molecule has 0 aliphatic rings.